The molecule has 0 aromatic rings. The SMILES string of the molecule is O=S(=O)([O-])[O-].[Co+2].[I]. The molecule has 4 nitrogen and oxygen atoms in total. The Morgan fingerprint density at radius 1 is 1.14 bits per heavy atom. The minimum absolute atomic E-state index is 0. The fraction of sp³-hybridized carbons (Fsp3) is 0. The maximum atomic E-state index is 8.52. The van der Waals surface area contributed by atoms with E-state index in [2.05, 4.69) is 0 Å². The Morgan fingerprint density at radius 2 is 1.14 bits per heavy atom. The molecule has 2 radical (unpaired) electrons. The molecule has 0 heterocycles. The molecule has 0 aromatic carbocycles. The maximum Gasteiger partial charge on any atom is 2.00 e. The monoisotopic (exact) mass is 282 g/mol. The van der Waals surface area contributed by atoms with Crippen molar-refractivity contribution in [1.82, 2.24) is 0 Å². The summed E-state index contributed by atoms with van der Waals surface area (Å²) in [4.78, 5) is 0. The summed E-state index contributed by atoms with van der Waals surface area (Å²) in [5, 5.41) is 0. The summed E-state index contributed by atoms with van der Waals surface area (Å²) in [5.74, 6) is 0. The summed E-state index contributed by atoms with van der Waals surface area (Å²) < 4.78 is 34.1. The molecule has 7 heavy (non-hydrogen) atoms. The number of halogens is 1. The Bertz CT molecular complexity index is 94.9. The van der Waals surface area contributed by atoms with Gasteiger partial charge in [-0.25, -0.2) is 0 Å². The summed E-state index contributed by atoms with van der Waals surface area (Å²) in [6.07, 6.45) is 0. The van der Waals surface area contributed by atoms with Gasteiger partial charge in [0.2, 0.25) is 0 Å². The molecule has 7 heteroatoms. The molecular weight excluding hydrogens is 282 g/mol. The maximum absolute atomic E-state index is 8.52. The predicted octanol–water partition coefficient (Wildman–Crippen LogP) is -0.455. The van der Waals surface area contributed by atoms with Crippen LogP contribution in [0.1, 0.15) is 0 Å². The first kappa shape index (κ1) is 15.7. The largest absolute Gasteiger partial charge is 2.00 e. The van der Waals surface area contributed by atoms with E-state index in [-0.39, 0.29) is 40.8 Å². The standard InChI is InChI=1S/Co.I.H2O4S/c;;1-5(2,3)4/h;;(H2,1,2,3,4)/q+2;;/p-2. The molecule has 0 saturated carbocycles. The van der Waals surface area contributed by atoms with Crippen molar-refractivity contribution in [1.29, 1.82) is 0 Å². The average molecular weight is 282 g/mol. The van der Waals surface area contributed by atoms with E-state index in [1.807, 2.05) is 0 Å². The molecule has 0 saturated heterocycles. The molecule has 0 aromatic heterocycles. The van der Waals surface area contributed by atoms with Crippen LogP contribution in [-0.4, -0.2) is 17.5 Å². The molecular formula is CoIO4S. The van der Waals surface area contributed by atoms with Crippen LogP contribution in [0.25, 0.3) is 0 Å². The molecule has 0 N–H and O–H groups in total. The van der Waals surface area contributed by atoms with Gasteiger partial charge < -0.3 is 9.11 Å². The average Bonchev–Trinajstić information content (AvgIpc) is 0.722. The van der Waals surface area contributed by atoms with Crippen molar-refractivity contribution in [3.63, 3.8) is 0 Å². The minimum atomic E-state index is -5.17. The summed E-state index contributed by atoms with van der Waals surface area (Å²) in [6, 6.07) is 0. The first-order chi connectivity index (χ1) is 2.00. The Balaban J connectivity index is -0.0000000800. The van der Waals surface area contributed by atoms with E-state index in [0.29, 0.717) is 0 Å². The molecule has 46 valence electrons. The van der Waals surface area contributed by atoms with E-state index >= 15 is 0 Å². The van der Waals surface area contributed by atoms with E-state index in [9.17, 15) is 0 Å². The number of hydrogen-bond acceptors (Lipinski definition) is 4. The summed E-state index contributed by atoms with van der Waals surface area (Å²) in [7, 11) is -5.17. The van der Waals surface area contributed by atoms with Gasteiger partial charge in [0.25, 0.3) is 0 Å². The molecule has 0 atom stereocenters. The topological polar surface area (TPSA) is 80.3 Å². The van der Waals surface area contributed by atoms with Gasteiger partial charge in [-0.15, -0.1) is 0 Å². The Labute approximate surface area is 68.5 Å². The molecule has 0 amide bonds. The smallest absolute Gasteiger partial charge is 0.759 e. The van der Waals surface area contributed by atoms with Crippen molar-refractivity contribution in [2.75, 3.05) is 0 Å². The van der Waals surface area contributed by atoms with E-state index in [1.54, 1.807) is 0 Å². The van der Waals surface area contributed by atoms with Crippen LogP contribution in [0.2, 0.25) is 0 Å². The van der Waals surface area contributed by atoms with Gasteiger partial charge >= 0.3 is 16.8 Å². The fourth-order valence-corrected chi connectivity index (χ4v) is 0. The van der Waals surface area contributed by atoms with Crippen molar-refractivity contribution in [2.45, 2.75) is 0 Å². The Morgan fingerprint density at radius 3 is 1.14 bits per heavy atom. The molecule has 0 aliphatic heterocycles. The quantitative estimate of drug-likeness (QED) is 0.342. The molecule has 0 spiro atoms. The van der Waals surface area contributed by atoms with E-state index in [4.69, 9.17) is 17.5 Å². The van der Waals surface area contributed by atoms with Crippen molar-refractivity contribution in [3.8, 4) is 0 Å². The second kappa shape index (κ2) is 5.25. The van der Waals surface area contributed by atoms with Crippen LogP contribution in [0.4, 0.5) is 0 Å². The van der Waals surface area contributed by atoms with Crippen LogP contribution in [0.3, 0.4) is 0 Å². The first-order valence-electron chi connectivity index (χ1n) is 0.667. The molecule has 0 aliphatic rings. The first-order valence-corrected chi connectivity index (χ1v) is 2.00. The van der Waals surface area contributed by atoms with Crippen LogP contribution < -0.4 is 0 Å². The third-order valence-corrected chi connectivity index (χ3v) is 0. The minimum Gasteiger partial charge on any atom is -0.759 e. The molecule has 0 rings (SSSR count). The van der Waals surface area contributed by atoms with Gasteiger partial charge in [-0.2, -0.15) is 0 Å². The van der Waals surface area contributed by atoms with Crippen LogP contribution in [0.15, 0.2) is 0 Å². The fourth-order valence-electron chi connectivity index (χ4n) is 0. The van der Waals surface area contributed by atoms with Gasteiger partial charge in [0, 0.05) is 34.4 Å². The van der Waals surface area contributed by atoms with Gasteiger partial charge in [-0.05, 0) is 0 Å². The van der Waals surface area contributed by atoms with Crippen molar-refractivity contribution in [2.24, 2.45) is 0 Å². The van der Waals surface area contributed by atoms with Crippen LogP contribution >= 0.6 is 24.0 Å². The summed E-state index contributed by atoms with van der Waals surface area (Å²) in [5.41, 5.74) is 0. The van der Waals surface area contributed by atoms with Gasteiger partial charge in [0.05, 0.1) is 0 Å². The van der Waals surface area contributed by atoms with Crippen LogP contribution in [-0.2, 0) is 27.2 Å². The third kappa shape index (κ3) is 151. The normalized spacial score (nSPS) is 8.29. The molecule has 0 aliphatic carbocycles. The molecule has 0 fully saturated rings. The number of hydrogen-bond donors (Lipinski definition) is 0. The third-order valence-electron chi connectivity index (χ3n) is 0. The zero-order valence-electron chi connectivity index (χ0n) is 2.75. The van der Waals surface area contributed by atoms with E-state index < -0.39 is 10.4 Å². The van der Waals surface area contributed by atoms with Gasteiger partial charge in [-0.1, -0.05) is 0 Å². The number of rotatable bonds is 0. The Hall–Kier alpha value is 1.11. The van der Waals surface area contributed by atoms with Crippen LogP contribution in [0.5, 0.6) is 0 Å². The van der Waals surface area contributed by atoms with Crippen molar-refractivity contribution < 1.29 is 34.3 Å². The van der Waals surface area contributed by atoms with Gasteiger partial charge in [0.1, 0.15) is 0 Å². The van der Waals surface area contributed by atoms with Gasteiger partial charge in [-0.3, -0.25) is 8.42 Å². The van der Waals surface area contributed by atoms with Crippen LogP contribution in [0, 0.1) is 0 Å². The second-order valence-corrected chi connectivity index (χ2v) is 1.22. The van der Waals surface area contributed by atoms with Crippen molar-refractivity contribution >= 4 is 34.4 Å². The van der Waals surface area contributed by atoms with Crippen molar-refractivity contribution in [3.05, 3.63) is 0 Å². The predicted molar refractivity (Wildman–Crippen MR) is 24.5 cm³/mol. The zero-order valence-corrected chi connectivity index (χ0v) is 6.77. The second-order valence-electron chi connectivity index (χ2n) is 0.408. The molecule has 0 unspecified atom stereocenters. The summed E-state index contributed by atoms with van der Waals surface area (Å²) >= 11 is 0. The molecule has 0 bridgehead atoms. The summed E-state index contributed by atoms with van der Waals surface area (Å²) in [6.45, 7) is 0. The van der Waals surface area contributed by atoms with E-state index in [1.165, 1.54) is 0 Å². The van der Waals surface area contributed by atoms with E-state index in [0.717, 1.165) is 0 Å². The zero-order chi connectivity index (χ0) is 4.50. The Kier molecular flexibility index (Phi) is 11.8. The van der Waals surface area contributed by atoms with Gasteiger partial charge in [0.15, 0.2) is 0 Å².